The fourth-order valence-corrected chi connectivity index (χ4v) is 3.06. The molecule has 0 N–H and O–H groups in total. The van der Waals surface area contributed by atoms with E-state index in [2.05, 4.69) is 0 Å². The third-order valence-electron chi connectivity index (χ3n) is 2.89. The summed E-state index contributed by atoms with van der Waals surface area (Å²) in [5.74, 6) is 0.880. The van der Waals surface area contributed by atoms with E-state index >= 15 is 0 Å². The SMILES string of the molecule is O=C(CCS(=O)Cc1ccc(Cl)cc1)c1ccccc1. The van der Waals surface area contributed by atoms with Gasteiger partial charge in [0.05, 0.1) is 0 Å². The van der Waals surface area contributed by atoms with Gasteiger partial charge in [-0.15, -0.1) is 0 Å². The first kappa shape index (κ1) is 14.9. The molecule has 1 unspecified atom stereocenters. The van der Waals surface area contributed by atoms with E-state index in [4.69, 9.17) is 11.6 Å². The first-order valence-corrected chi connectivity index (χ1v) is 8.19. The van der Waals surface area contributed by atoms with Crippen LogP contribution in [0.5, 0.6) is 0 Å². The highest BCUT2D eigenvalue weighted by molar-refractivity contribution is 7.84. The molecule has 0 amide bonds. The van der Waals surface area contributed by atoms with Crippen molar-refractivity contribution in [2.75, 3.05) is 5.75 Å². The van der Waals surface area contributed by atoms with Gasteiger partial charge in [-0.25, -0.2) is 0 Å². The van der Waals surface area contributed by atoms with Crippen LogP contribution in [0.2, 0.25) is 5.02 Å². The molecule has 104 valence electrons. The monoisotopic (exact) mass is 306 g/mol. The predicted molar refractivity (Wildman–Crippen MR) is 83.6 cm³/mol. The second-order valence-corrected chi connectivity index (χ2v) is 6.47. The molecule has 1 atom stereocenters. The Balaban J connectivity index is 1.83. The van der Waals surface area contributed by atoms with Crippen LogP contribution in [0.4, 0.5) is 0 Å². The first-order chi connectivity index (χ1) is 9.65. The van der Waals surface area contributed by atoms with Gasteiger partial charge in [-0.3, -0.25) is 9.00 Å². The summed E-state index contributed by atoms with van der Waals surface area (Å²) >= 11 is 5.80. The molecule has 0 aliphatic heterocycles. The van der Waals surface area contributed by atoms with E-state index < -0.39 is 10.8 Å². The third-order valence-corrected chi connectivity index (χ3v) is 4.46. The molecular weight excluding hydrogens is 292 g/mol. The molecule has 0 aliphatic carbocycles. The van der Waals surface area contributed by atoms with Crippen molar-refractivity contribution in [1.82, 2.24) is 0 Å². The van der Waals surface area contributed by atoms with Crippen molar-refractivity contribution in [1.29, 1.82) is 0 Å². The predicted octanol–water partition coefficient (Wildman–Crippen LogP) is 3.86. The molecule has 0 spiro atoms. The van der Waals surface area contributed by atoms with Crippen molar-refractivity contribution in [2.45, 2.75) is 12.2 Å². The summed E-state index contributed by atoms with van der Waals surface area (Å²) in [6.45, 7) is 0. The summed E-state index contributed by atoms with van der Waals surface area (Å²) in [7, 11) is -1.04. The lowest BCUT2D eigenvalue weighted by atomic mass is 10.1. The van der Waals surface area contributed by atoms with E-state index in [0.717, 1.165) is 5.56 Å². The van der Waals surface area contributed by atoms with Crippen molar-refractivity contribution in [3.63, 3.8) is 0 Å². The van der Waals surface area contributed by atoms with Gasteiger partial charge in [0.1, 0.15) is 0 Å². The molecule has 4 heteroatoms. The maximum atomic E-state index is 12.0. The average molecular weight is 307 g/mol. The van der Waals surface area contributed by atoms with Gasteiger partial charge in [0, 0.05) is 39.3 Å². The molecule has 2 aromatic carbocycles. The minimum Gasteiger partial charge on any atom is -0.294 e. The van der Waals surface area contributed by atoms with Crippen LogP contribution in [-0.4, -0.2) is 15.7 Å². The molecule has 0 saturated heterocycles. The first-order valence-electron chi connectivity index (χ1n) is 6.33. The van der Waals surface area contributed by atoms with E-state index in [1.165, 1.54) is 0 Å². The molecular formula is C16H15ClO2S. The third kappa shape index (κ3) is 4.58. The number of ketones is 1. The highest BCUT2D eigenvalue weighted by Crippen LogP contribution is 2.12. The number of hydrogen-bond acceptors (Lipinski definition) is 2. The smallest absolute Gasteiger partial charge is 0.163 e. The van der Waals surface area contributed by atoms with Crippen LogP contribution < -0.4 is 0 Å². The summed E-state index contributed by atoms with van der Waals surface area (Å²) < 4.78 is 12.0. The van der Waals surface area contributed by atoms with Crippen molar-refractivity contribution in [3.05, 3.63) is 70.7 Å². The van der Waals surface area contributed by atoms with Gasteiger partial charge < -0.3 is 0 Å². The van der Waals surface area contributed by atoms with Gasteiger partial charge in [-0.05, 0) is 17.7 Å². The summed E-state index contributed by atoms with van der Waals surface area (Å²) in [5.41, 5.74) is 1.65. The van der Waals surface area contributed by atoms with Gasteiger partial charge in [0.2, 0.25) is 0 Å². The summed E-state index contributed by atoms with van der Waals surface area (Å²) in [4.78, 5) is 11.9. The fourth-order valence-electron chi connectivity index (χ4n) is 1.81. The van der Waals surface area contributed by atoms with Crippen molar-refractivity contribution in [2.24, 2.45) is 0 Å². The fraction of sp³-hybridized carbons (Fsp3) is 0.188. The van der Waals surface area contributed by atoms with Crippen LogP contribution >= 0.6 is 11.6 Å². The largest absolute Gasteiger partial charge is 0.294 e. The number of hydrogen-bond donors (Lipinski definition) is 0. The quantitative estimate of drug-likeness (QED) is 0.759. The van der Waals surface area contributed by atoms with Crippen LogP contribution in [-0.2, 0) is 16.6 Å². The molecule has 20 heavy (non-hydrogen) atoms. The second kappa shape index (κ2) is 7.36. The van der Waals surface area contributed by atoms with E-state index in [-0.39, 0.29) is 5.78 Å². The number of rotatable bonds is 6. The summed E-state index contributed by atoms with van der Waals surface area (Å²) in [6.07, 6.45) is 0.310. The second-order valence-electron chi connectivity index (χ2n) is 4.45. The highest BCUT2D eigenvalue weighted by Gasteiger charge is 2.08. The Labute approximate surface area is 126 Å². The average Bonchev–Trinajstić information content (AvgIpc) is 2.48. The van der Waals surface area contributed by atoms with E-state index in [1.807, 2.05) is 30.3 Å². The highest BCUT2D eigenvalue weighted by atomic mass is 35.5. The minimum absolute atomic E-state index is 0.0371. The molecule has 0 aromatic heterocycles. The molecule has 2 nitrogen and oxygen atoms in total. The Hall–Kier alpha value is -1.45. The molecule has 0 saturated carbocycles. The molecule has 2 rings (SSSR count). The van der Waals surface area contributed by atoms with Crippen molar-refractivity contribution < 1.29 is 9.00 Å². The molecule has 0 aliphatic rings. The Bertz CT molecular complexity index is 594. The number of halogens is 1. The minimum atomic E-state index is -1.04. The molecule has 0 fully saturated rings. The maximum absolute atomic E-state index is 12.0. The lowest BCUT2D eigenvalue weighted by Crippen LogP contribution is -2.07. The number of carbonyl (C=O) groups is 1. The van der Waals surface area contributed by atoms with Gasteiger partial charge in [0.15, 0.2) is 5.78 Å². The molecule has 2 aromatic rings. The van der Waals surface area contributed by atoms with Crippen molar-refractivity contribution in [3.8, 4) is 0 Å². The number of Topliss-reactive ketones (excluding diaryl/α,β-unsaturated/α-hetero) is 1. The molecule has 0 radical (unpaired) electrons. The molecule has 0 heterocycles. The van der Waals surface area contributed by atoms with Gasteiger partial charge in [0.25, 0.3) is 0 Å². The Morgan fingerprint density at radius 3 is 2.30 bits per heavy atom. The molecule has 0 bridgehead atoms. The van der Waals surface area contributed by atoms with Crippen molar-refractivity contribution >= 4 is 28.2 Å². The lowest BCUT2D eigenvalue weighted by Gasteiger charge is -2.03. The van der Waals surface area contributed by atoms with Gasteiger partial charge in [-0.1, -0.05) is 54.1 Å². The topological polar surface area (TPSA) is 34.1 Å². The van der Waals surface area contributed by atoms with Crippen LogP contribution in [0.3, 0.4) is 0 Å². The van der Waals surface area contributed by atoms with Crippen LogP contribution in [0.15, 0.2) is 54.6 Å². The Morgan fingerprint density at radius 2 is 1.65 bits per heavy atom. The van der Waals surface area contributed by atoms with Crippen LogP contribution in [0.1, 0.15) is 22.3 Å². The van der Waals surface area contributed by atoms with E-state index in [9.17, 15) is 9.00 Å². The van der Waals surface area contributed by atoms with E-state index in [1.54, 1.807) is 24.3 Å². The van der Waals surface area contributed by atoms with Gasteiger partial charge >= 0.3 is 0 Å². The summed E-state index contributed by atoms with van der Waals surface area (Å²) in [5, 5.41) is 0.666. The standard InChI is InChI=1S/C16H15ClO2S/c17-15-8-6-13(7-9-15)12-20(19)11-10-16(18)14-4-2-1-3-5-14/h1-9H,10-12H2. The summed E-state index contributed by atoms with van der Waals surface area (Å²) in [6, 6.07) is 16.4. The zero-order chi connectivity index (χ0) is 14.4. The number of carbonyl (C=O) groups excluding carboxylic acids is 1. The van der Waals surface area contributed by atoms with Crippen LogP contribution in [0.25, 0.3) is 0 Å². The zero-order valence-corrected chi connectivity index (χ0v) is 12.5. The van der Waals surface area contributed by atoms with Gasteiger partial charge in [-0.2, -0.15) is 0 Å². The lowest BCUT2D eigenvalue weighted by molar-refractivity contribution is 0.0989. The van der Waals surface area contributed by atoms with Crippen LogP contribution in [0, 0.1) is 0 Å². The number of benzene rings is 2. The normalized spacial score (nSPS) is 12.1. The Kier molecular flexibility index (Phi) is 5.50. The zero-order valence-electron chi connectivity index (χ0n) is 10.9. The Morgan fingerprint density at radius 1 is 1.00 bits per heavy atom. The van der Waals surface area contributed by atoms with E-state index in [0.29, 0.717) is 28.5 Å². The maximum Gasteiger partial charge on any atom is 0.163 e.